The van der Waals surface area contributed by atoms with Crippen molar-refractivity contribution in [3.8, 4) is 0 Å². The highest BCUT2D eigenvalue weighted by Crippen LogP contribution is 1.76. The molecule has 0 saturated heterocycles. The predicted molar refractivity (Wildman–Crippen MR) is 232 cm³/mol. The molecule has 0 bridgehead atoms. The van der Waals surface area contributed by atoms with Crippen LogP contribution in [0.4, 0.5) is 0 Å². The van der Waals surface area contributed by atoms with E-state index in [1.807, 2.05) is 41.5 Å². The van der Waals surface area contributed by atoms with E-state index in [4.69, 9.17) is 246 Å². The molecule has 0 radical (unpaired) electrons. The van der Waals surface area contributed by atoms with Gasteiger partial charge in [0.25, 0.3) is 0 Å². The first-order chi connectivity index (χ1) is 21.4. The van der Waals surface area contributed by atoms with Crippen molar-refractivity contribution < 1.29 is 14.2 Å². The van der Waals surface area contributed by atoms with Crippen LogP contribution in [0.3, 0.4) is 0 Å². The molecule has 23 heteroatoms. The van der Waals surface area contributed by atoms with Crippen LogP contribution in [0.5, 0.6) is 0 Å². The molecule has 0 amide bonds. The molecule has 0 aromatic carbocycles. The number of rotatable bonds is 6. The summed E-state index contributed by atoms with van der Waals surface area (Å²) >= 11 is 95.3. The maximum atomic E-state index is 4.83. The lowest BCUT2D eigenvalue weighted by molar-refractivity contribution is 0.162. The Labute approximate surface area is 376 Å². The molecule has 0 unspecified atom stereocenters. The van der Waals surface area contributed by atoms with Gasteiger partial charge in [0, 0.05) is 39.6 Å². The SMILES string of the molecule is CCOCC.CCOCC.CCOCC.ClCCl.ClCCl.ClCCl.ClCCl.ClCCl.ClCCl.ClCCl.ClCCl.ClCCl.ClCCl. The van der Waals surface area contributed by atoms with E-state index in [9.17, 15) is 0 Å². The van der Waals surface area contributed by atoms with Crippen molar-refractivity contribution in [2.24, 2.45) is 0 Å². The molecular weight excluding hydrogens is 1020 g/mol. The number of ether oxygens (including phenoxy) is 3. The maximum Gasteiger partial charge on any atom is 0.0967 e. The number of alkyl halides is 20. The van der Waals surface area contributed by atoms with Gasteiger partial charge in [-0.2, -0.15) is 0 Å². The lowest BCUT2D eigenvalue weighted by Gasteiger charge is -1.86. The first-order valence-electron chi connectivity index (χ1n) is 11.3. The van der Waals surface area contributed by atoms with Gasteiger partial charge in [0.05, 0.1) is 53.4 Å². The lowest BCUT2D eigenvalue weighted by atomic mass is 10.8. The van der Waals surface area contributed by atoms with Crippen LogP contribution >= 0.6 is 232 Å². The Morgan fingerprint density at radius 1 is 0.200 bits per heavy atom. The Hall–Kier alpha value is 5.68. The topological polar surface area (TPSA) is 27.7 Å². The molecule has 0 atom stereocenters. The van der Waals surface area contributed by atoms with Gasteiger partial charge >= 0.3 is 0 Å². The van der Waals surface area contributed by atoms with E-state index < -0.39 is 0 Å². The fourth-order valence-corrected chi connectivity index (χ4v) is 0.612. The molecule has 0 heterocycles. The average molecular weight is 1070 g/mol. The van der Waals surface area contributed by atoms with E-state index in [1.54, 1.807) is 0 Å². The number of halogens is 20. The molecule has 0 aromatic rings. The minimum atomic E-state index is 0.194. The average Bonchev–Trinajstić information content (AvgIpc) is 2.95. The Balaban J connectivity index is -0.0000000226. The second kappa shape index (κ2) is 193. The zero-order valence-corrected chi connectivity index (χ0v) is 41.2. The van der Waals surface area contributed by atoms with Gasteiger partial charge in [0.1, 0.15) is 0 Å². The lowest BCUT2D eigenvalue weighted by Crippen LogP contribution is -1.84. The number of hydrogen-bond donors (Lipinski definition) is 0. The van der Waals surface area contributed by atoms with Crippen molar-refractivity contribution in [2.45, 2.75) is 41.5 Å². The Kier molecular flexibility index (Phi) is 378. The van der Waals surface area contributed by atoms with Crippen LogP contribution in [-0.4, -0.2) is 93.0 Å². The third kappa shape index (κ3) is 828. The quantitative estimate of drug-likeness (QED) is 0.248. The van der Waals surface area contributed by atoms with E-state index in [-0.39, 0.29) is 53.4 Å². The van der Waals surface area contributed by atoms with Crippen molar-refractivity contribution >= 4 is 232 Å². The van der Waals surface area contributed by atoms with E-state index in [2.05, 4.69) is 0 Å². The third-order valence-corrected chi connectivity index (χ3v) is 1.22. The predicted octanol–water partition coefficient (Wildman–Crippen LogP) is 17.3. The fraction of sp³-hybridized carbons (Fsp3) is 1.00. The van der Waals surface area contributed by atoms with Gasteiger partial charge in [0.15, 0.2) is 0 Å². The minimum Gasteiger partial charge on any atom is -0.382 e. The zero-order valence-electron chi connectivity index (χ0n) is 26.1. The van der Waals surface area contributed by atoms with Crippen molar-refractivity contribution in [2.75, 3.05) is 93.0 Å². The summed E-state index contributed by atoms with van der Waals surface area (Å²) in [6.07, 6.45) is 0. The third-order valence-electron chi connectivity index (χ3n) is 1.22. The van der Waals surface area contributed by atoms with Crippen LogP contribution in [0.25, 0.3) is 0 Å². The van der Waals surface area contributed by atoms with Gasteiger partial charge in [0.2, 0.25) is 0 Å². The fourth-order valence-electron chi connectivity index (χ4n) is 0.612. The smallest absolute Gasteiger partial charge is 0.0967 e. The Morgan fingerprint density at radius 3 is 0.244 bits per heavy atom. The van der Waals surface area contributed by atoms with Gasteiger partial charge < -0.3 is 14.2 Å². The molecule has 3 nitrogen and oxygen atoms in total. The summed E-state index contributed by atoms with van der Waals surface area (Å²) < 4.78 is 14.5. The van der Waals surface area contributed by atoms with Crippen LogP contribution in [0.15, 0.2) is 0 Å². The molecule has 0 spiro atoms. The second-order valence-corrected chi connectivity index (χ2v) is 11.4. The normalized spacial score (nSPS) is 6.80. The van der Waals surface area contributed by atoms with Gasteiger partial charge in [-0.15, -0.1) is 232 Å². The highest BCUT2D eigenvalue weighted by atomic mass is 35.6. The maximum absolute atomic E-state index is 4.83. The monoisotopic (exact) mass is 1060 g/mol. The summed E-state index contributed by atoms with van der Waals surface area (Å²) in [6.45, 7) is 17.0. The van der Waals surface area contributed by atoms with E-state index in [0.29, 0.717) is 0 Å². The summed E-state index contributed by atoms with van der Waals surface area (Å²) in [5, 5.41) is 1.94. The minimum absolute atomic E-state index is 0.194. The van der Waals surface area contributed by atoms with Gasteiger partial charge in [-0.05, 0) is 41.5 Å². The van der Waals surface area contributed by atoms with Crippen LogP contribution in [0, 0.1) is 0 Å². The molecule has 0 saturated carbocycles. The van der Waals surface area contributed by atoms with Crippen LogP contribution < -0.4 is 0 Å². The molecule has 0 fully saturated rings. The first-order valence-corrected chi connectivity index (χ1v) is 22.0. The van der Waals surface area contributed by atoms with Gasteiger partial charge in [-0.1, -0.05) is 0 Å². The molecular formula is C22H50Cl20O3. The molecule has 0 aliphatic carbocycles. The summed E-state index contributed by atoms with van der Waals surface area (Å²) in [7, 11) is 0. The molecule has 0 aliphatic rings. The molecule has 0 aliphatic heterocycles. The Bertz CT molecular complexity index is 166. The van der Waals surface area contributed by atoms with Gasteiger partial charge in [-0.25, -0.2) is 0 Å². The van der Waals surface area contributed by atoms with Crippen molar-refractivity contribution in [3.05, 3.63) is 0 Å². The molecule has 0 rings (SSSR count). The van der Waals surface area contributed by atoms with Crippen LogP contribution in [0.1, 0.15) is 41.5 Å². The van der Waals surface area contributed by atoms with Gasteiger partial charge in [-0.3, -0.25) is 0 Å². The zero-order chi connectivity index (χ0) is 39.4. The summed E-state index contributed by atoms with van der Waals surface area (Å²) in [4.78, 5) is 0. The van der Waals surface area contributed by atoms with E-state index >= 15 is 0 Å². The highest BCUT2D eigenvalue weighted by Gasteiger charge is 1.65. The van der Waals surface area contributed by atoms with Crippen LogP contribution in [-0.2, 0) is 14.2 Å². The highest BCUT2D eigenvalue weighted by molar-refractivity contribution is 6.43. The number of hydrogen-bond acceptors (Lipinski definition) is 3. The largest absolute Gasteiger partial charge is 0.382 e. The van der Waals surface area contributed by atoms with E-state index in [1.165, 1.54) is 0 Å². The Morgan fingerprint density at radius 2 is 0.244 bits per heavy atom. The second-order valence-electron chi connectivity index (χ2n) is 3.35. The standard InChI is InChI=1S/3C4H10O.10CH2Cl2/c3*1-3-5-4-2;10*2-1-3/h3*3-4H2,1-2H3;10*1H2. The van der Waals surface area contributed by atoms with Crippen molar-refractivity contribution in [1.82, 2.24) is 0 Å². The summed E-state index contributed by atoms with van der Waals surface area (Å²) in [5.41, 5.74) is 0. The van der Waals surface area contributed by atoms with E-state index in [0.717, 1.165) is 39.6 Å². The summed E-state index contributed by atoms with van der Waals surface area (Å²) in [6, 6.07) is 0. The molecule has 0 aromatic heterocycles. The first kappa shape index (κ1) is 88.1. The van der Waals surface area contributed by atoms with Crippen molar-refractivity contribution in [3.63, 3.8) is 0 Å². The molecule has 0 N–H and O–H groups in total. The summed E-state index contributed by atoms with van der Waals surface area (Å²) in [5.74, 6) is 0. The molecule has 296 valence electrons. The van der Waals surface area contributed by atoms with Crippen LogP contribution in [0.2, 0.25) is 0 Å². The van der Waals surface area contributed by atoms with Crippen molar-refractivity contribution in [1.29, 1.82) is 0 Å². The molecule has 45 heavy (non-hydrogen) atoms.